The van der Waals surface area contributed by atoms with Gasteiger partial charge in [0.15, 0.2) is 5.69 Å². The highest BCUT2D eigenvalue weighted by Crippen LogP contribution is 2.10. The molecule has 84 valence electrons. The van der Waals surface area contributed by atoms with Crippen molar-refractivity contribution >= 4 is 11.8 Å². The molecule has 0 aliphatic heterocycles. The van der Waals surface area contributed by atoms with Crippen LogP contribution in [0, 0.1) is 13.8 Å². The van der Waals surface area contributed by atoms with Gasteiger partial charge in [0.25, 0.3) is 5.91 Å². The summed E-state index contributed by atoms with van der Waals surface area (Å²) in [6.07, 6.45) is 0. The van der Waals surface area contributed by atoms with Crippen molar-refractivity contribution in [3.05, 3.63) is 29.2 Å². The van der Waals surface area contributed by atoms with E-state index in [4.69, 9.17) is 4.52 Å². The number of aromatic nitrogens is 3. The van der Waals surface area contributed by atoms with Gasteiger partial charge in [-0.05, 0) is 19.9 Å². The van der Waals surface area contributed by atoms with Crippen LogP contribution in [0.3, 0.4) is 0 Å². The summed E-state index contributed by atoms with van der Waals surface area (Å²) in [5, 5.41) is 10.3. The van der Waals surface area contributed by atoms with Crippen molar-refractivity contribution in [1.29, 1.82) is 0 Å². The summed E-state index contributed by atoms with van der Waals surface area (Å²) in [6, 6.07) is 3.35. The van der Waals surface area contributed by atoms with Crippen LogP contribution in [-0.4, -0.2) is 20.8 Å². The topological polar surface area (TPSA) is 73.0 Å². The van der Waals surface area contributed by atoms with Gasteiger partial charge in [-0.15, -0.1) is 0 Å². The Morgan fingerprint density at radius 2 is 2.19 bits per heavy atom. The second-order valence-electron chi connectivity index (χ2n) is 3.58. The van der Waals surface area contributed by atoms with E-state index in [0.29, 0.717) is 17.3 Å². The monoisotopic (exact) mass is 220 g/mol. The largest absolute Gasteiger partial charge is 0.338 e. The molecule has 0 aliphatic rings. The van der Waals surface area contributed by atoms with Crippen molar-refractivity contribution in [2.45, 2.75) is 13.8 Å². The Hall–Kier alpha value is -2.11. The third kappa shape index (κ3) is 1.95. The standard InChI is InChI=1S/C10H12N4O2/c1-6-4-9(16-13-6)11-10(15)8-5-7(2)14(3)12-8/h4-5H,1-3H3,(H,11,15). The molecule has 0 aliphatic carbocycles. The molecule has 6 heteroatoms. The van der Waals surface area contributed by atoms with E-state index < -0.39 is 0 Å². The van der Waals surface area contributed by atoms with Gasteiger partial charge in [-0.1, -0.05) is 5.16 Å². The number of carbonyl (C=O) groups excluding carboxylic acids is 1. The number of nitrogens with one attached hydrogen (secondary N) is 1. The average Bonchev–Trinajstić information content (AvgIpc) is 2.75. The summed E-state index contributed by atoms with van der Waals surface area (Å²) in [5.41, 5.74) is 1.99. The minimum atomic E-state index is -0.306. The predicted octanol–water partition coefficient (Wildman–Crippen LogP) is 1.28. The molecule has 0 radical (unpaired) electrons. The van der Waals surface area contributed by atoms with Crippen LogP contribution < -0.4 is 5.32 Å². The van der Waals surface area contributed by atoms with E-state index in [1.807, 2.05) is 6.92 Å². The second-order valence-corrected chi connectivity index (χ2v) is 3.58. The van der Waals surface area contributed by atoms with E-state index in [2.05, 4.69) is 15.6 Å². The van der Waals surface area contributed by atoms with Crippen LogP contribution in [-0.2, 0) is 7.05 Å². The fourth-order valence-electron chi connectivity index (χ4n) is 1.27. The zero-order chi connectivity index (χ0) is 11.7. The molecule has 2 aromatic rings. The molecular weight excluding hydrogens is 208 g/mol. The smallest absolute Gasteiger partial charge is 0.278 e. The molecular formula is C10H12N4O2. The lowest BCUT2D eigenvalue weighted by Crippen LogP contribution is -2.12. The maximum Gasteiger partial charge on any atom is 0.278 e. The van der Waals surface area contributed by atoms with Crippen molar-refractivity contribution in [3.63, 3.8) is 0 Å². The molecule has 6 nitrogen and oxygen atoms in total. The summed E-state index contributed by atoms with van der Waals surface area (Å²) < 4.78 is 6.52. The van der Waals surface area contributed by atoms with E-state index in [1.54, 1.807) is 30.8 Å². The summed E-state index contributed by atoms with van der Waals surface area (Å²) >= 11 is 0. The Kier molecular flexibility index (Phi) is 2.47. The summed E-state index contributed by atoms with van der Waals surface area (Å²) in [4.78, 5) is 11.7. The van der Waals surface area contributed by atoms with Crippen LogP contribution in [0.2, 0.25) is 0 Å². The van der Waals surface area contributed by atoms with Gasteiger partial charge < -0.3 is 4.52 Å². The normalized spacial score (nSPS) is 10.4. The number of carbonyl (C=O) groups is 1. The van der Waals surface area contributed by atoms with Gasteiger partial charge in [0.05, 0.1) is 5.69 Å². The molecule has 0 bridgehead atoms. The number of anilines is 1. The third-order valence-electron chi connectivity index (χ3n) is 2.21. The van der Waals surface area contributed by atoms with Crippen LogP contribution in [0.15, 0.2) is 16.7 Å². The lowest BCUT2D eigenvalue weighted by atomic mass is 10.3. The molecule has 2 rings (SSSR count). The number of hydrogen-bond acceptors (Lipinski definition) is 4. The molecule has 0 saturated carbocycles. The van der Waals surface area contributed by atoms with E-state index in [-0.39, 0.29) is 5.91 Å². The second kappa shape index (κ2) is 3.80. The van der Waals surface area contributed by atoms with E-state index in [1.165, 1.54) is 0 Å². The molecule has 2 aromatic heterocycles. The zero-order valence-electron chi connectivity index (χ0n) is 9.31. The third-order valence-corrected chi connectivity index (χ3v) is 2.21. The van der Waals surface area contributed by atoms with Gasteiger partial charge in [-0.3, -0.25) is 14.8 Å². The predicted molar refractivity (Wildman–Crippen MR) is 57.1 cm³/mol. The fourth-order valence-corrected chi connectivity index (χ4v) is 1.27. The summed E-state index contributed by atoms with van der Waals surface area (Å²) in [5.74, 6) is 0.0191. The average molecular weight is 220 g/mol. The fraction of sp³-hybridized carbons (Fsp3) is 0.300. The first kappa shape index (κ1) is 10.4. The van der Waals surface area contributed by atoms with Gasteiger partial charge in [-0.25, -0.2) is 0 Å². The molecule has 1 amide bonds. The van der Waals surface area contributed by atoms with Gasteiger partial charge in [-0.2, -0.15) is 5.10 Å². The number of nitrogens with zero attached hydrogens (tertiary/aromatic N) is 3. The number of rotatable bonds is 2. The lowest BCUT2D eigenvalue weighted by molar-refractivity contribution is 0.101. The number of aryl methyl sites for hydroxylation is 3. The van der Waals surface area contributed by atoms with Gasteiger partial charge in [0, 0.05) is 18.8 Å². The highest BCUT2D eigenvalue weighted by atomic mass is 16.5. The molecule has 0 spiro atoms. The molecule has 16 heavy (non-hydrogen) atoms. The Bertz CT molecular complexity index is 507. The van der Waals surface area contributed by atoms with Crippen LogP contribution >= 0.6 is 0 Å². The van der Waals surface area contributed by atoms with Crippen LogP contribution in [0.4, 0.5) is 5.88 Å². The molecule has 2 heterocycles. The van der Waals surface area contributed by atoms with Crippen molar-refractivity contribution in [2.24, 2.45) is 7.05 Å². The van der Waals surface area contributed by atoms with Gasteiger partial charge in [0.2, 0.25) is 5.88 Å². The number of hydrogen-bond donors (Lipinski definition) is 1. The van der Waals surface area contributed by atoms with Crippen molar-refractivity contribution < 1.29 is 9.32 Å². The highest BCUT2D eigenvalue weighted by Gasteiger charge is 2.12. The first-order valence-corrected chi connectivity index (χ1v) is 4.81. The first-order chi connectivity index (χ1) is 7.56. The SMILES string of the molecule is Cc1cc(NC(=O)c2cc(C)n(C)n2)on1. The maximum absolute atomic E-state index is 11.7. The Morgan fingerprint density at radius 3 is 2.69 bits per heavy atom. The summed E-state index contributed by atoms with van der Waals surface area (Å²) in [7, 11) is 1.78. The molecule has 1 N–H and O–H groups in total. The van der Waals surface area contributed by atoms with E-state index in [0.717, 1.165) is 5.69 Å². The lowest BCUT2D eigenvalue weighted by Gasteiger charge is -1.95. The van der Waals surface area contributed by atoms with Gasteiger partial charge >= 0.3 is 0 Å². The quantitative estimate of drug-likeness (QED) is 0.827. The van der Waals surface area contributed by atoms with Crippen LogP contribution in [0.1, 0.15) is 21.9 Å². The van der Waals surface area contributed by atoms with Crippen LogP contribution in [0.5, 0.6) is 0 Å². The summed E-state index contributed by atoms with van der Waals surface area (Å²) in [6.45, 7) is 3.66. The minimum absolute atomic E-state index is 0.306. The molecule has 0 atom stereocenters. The van der Waals surface area contributed by atoms with E-state index >= 15 is 0 Å². The number of amides is 1. The Labute approximate surface area is 92.2 Å². The van der Waals surface area contributed by atoms with Crippen molar-refractivity contribution in [2.75, 3.05) is 5.32 Å². The maximum atomic E-state index is 11.7. The zero-order valence-corrected chi connectivity index (χ0v) is 9.31. The van der Waals surface area contributed by atoms with Gasteiger partial charge in [0.1, 0.15) is 0 Å². The molecule has 0 unspecified atom stereocenters. The van der Waals surface area contributed by atoms with Crippen LogP contribution in [0.25, 0.3) is 0 Å². The first-order valence-electron chi connectivity index (χ1n) is 4.81. The molecule has 0 aromatic carbocycles. The Balaban J connectivity index is 2.14. The van der Waals surface area contributed by atoms with E-state index in [9.17, 15) is 4.79 Å². The highest BCUT2D eigenvalue weighted by molar-refractivity contribution is 6.02. The molecule has 0 fully saturated rings. The van der Waals surface area contributed by atoms with Crippen molar-refractivity contribution in [1.82, 2.24) is 14.9 Å². The Morgan fingerprint density at radius 1 is 1.44 bits per heavy atom. The molecule has 0 saturated heterocycles. The van der Waals surface area contributed by atoms with Crippen molar-refractivity contribution in [3.8, 4) is 0 Å². The minimum Gasteiger partial charge on any atom is -0.338 e.